The summed E-state index contributed by atoms with van der Waals surface area (Å²) in [5.74, 6) is 0.878. The van der Waals surface area contributed by atoms with Crippen LogP contribution in [0.1, 0.15) is 24.0 Å². The number of ketones is 1. The van der Waals surface area contributed by atoms with Gasteiger partial charge in [0.25, 0.3) is 5.91 Å². The van der Waals surface area contributed by atoms with Crippen LogP contribution in [0.15, 0.2) is 37.1 Å². The Balaban J connectivity index is 1.84. The molecule has 1 aliphatic rings. The largest absolute Gasteiger partial charge is 0.484 e. The maximum Gasteiger partial charge on any atom is 0.255 e. The van der Waals surface area contributed by atoms with Gasteiger partial charge in [0.2, 0.25) is 5.95 Å². The van der Waals surface area contributed by atoms with Crippen LogP contribution in [-0.2, 0) is 20.7 Å². The molecule has 4 N–H and O–H groups in total. The van der Waals surface area contributed by atoms with E-state index in [2.05, 4.69) is 27.2 Å². The molecule has 1 aromatic heterocycles. The minimum absolute atomic E-state index is 0.116. The van der Waals surface area contributed by atoms with Crippen LogP contribution in [0.5, 0.6) is 5.75 Å². The summed E-state index contributed by atoms with van der Waals surface area (Å²) < 4.78 is 10.8. The Morgan fingerprint density at radius 3 is 2.84 bits per heavy atom. The lowest BCUT2D eigenvalue weighted by Gasteiger charge is -2.23. The normalized spacial score (nSPS) is 14.0. The number of aromatic nitrogens is 2. The van der Waals surface area contributed by atoms with E-state index in [0.29, 0.717) is 36.4 Å². The molecule has 2 aromatic rings. The first kappa shape index (κ1) is 22.2. The number of hydrogen-bond donors (Lipinski definition) is 3. The van der Waals surface area contributed by atoms with Gasteiger partial charge < -0.3 is 25.8 Å². The number of ether oxygens (including phenoxy) is 2. The third-order valence-corrected chi connectivity index (χ3v) is 4.83. The molecule has 2 heterocycles. The van der Waals surface area contributed by atoms with Gasteiger partial charge in [-0.05, 0) is 37.5 Å². The molecule has 1 aliphatic heterocycles. The van der Waals surface area contributed by atoms with Crippen molar-refractivity contribution in [2.24, 2.45) is 5.73 Å². The van der Waals surface area contributed by atoms with Crippen LogP contribution in [0, 0.1) is 6.92 Å². The first-order chi connectivity index (χ1) is 14.9. The Labute approximate surface area is 181 Å². The number of nitrogens with one attached hydrogen (secondary N) is 2. The van der Waals surface area contributed by atoms with Gasteiger partial charge >= 0.3 is 0 Å². The highest BCUT2D eigenvalue weighted by Crippen LogP contribution is 2.28. The standard InChI is InChI=1S/C22H27N5O4/c1-3-17(28)10-15-4-5-18(31-13-20(23)29)11-19(15)26-21-14(2)12-24-22(27-21)25-16-6-8-30-9-7-16/h3-5,11-12,16H,1,6-10,13H2,2H3,(H2,23,29)(H2,24,25,26,27). The van der Waals surface area contributed by atoms with Crippen molar-refractivity contribution in [3.63, 3.8) is 0 Å². The zero-order valence-corrected chi connectivity index (χ0v) is 17.5. The summed E-state index contributed by atoms with van der Waals surface area (Å²) in [5, 5.41) is 6.63. The number of hydrogen-bond acceptors (Lipinski definition) is 8. The first-order valence-corrected chi connectivity index (χ1v) is 10.1. The molecule has 1 amide bonds. The SMILES string of the molecule is C=CC(=O)Cc1ccc(OCC(N)=O)cc1Nc1nc(NC2CCOCC2)ncc1C. The molecule has 1 fully saturated rings. The fourth-order valence-electron chi connectivity index (χ4n) is 3.12. The van der Waals surface area contributed by atoms with Crippen LogP contribution in [0.4, 0.5) is 17.5 Å². The van der Waals surface area contributed by atoms with Gasteiger partial charge in [-0.2, -0.15) is 4.98 Å². The molecule has 1 aromatic carbocycles. The second-order valence-electron chi connectivity index (χ2n) is 7.30. The Hall–Kier alpha value is -3.46. The molecule has 0 unspecified atom stereocenters. The van der Waals surface area contributed by atoms with Gasteiger partial charge in [0.1, 0.15) is 11.6 Å². The van der Waals surface area contributed by atoms with Crippen molar-refractivity contribution >= 4 is 29.1 Å². The van der Waals surface area contributed by atoms with E-state index in [9.17, 15) is 9.59 Å². The van der Waals surface area contributed by atoms with Crippen LogP contribution in [0.25, 0.3) is 0 Å². The molecule has 0 bridgehead atoms. The number of benzene rings is 1. The predicted octanol–water partition coefficient (Wildman–Crippen LogP) is 2.28. The zero-order valence-electron chi connectivity index (χ0n) is 17.5. The minimum Gasteiger partial charge on any atom is -0.484 e. The number of anilines is 3. The second kappa shape index (κ2) is 10.5. The Kier molecular flexibility index (Phi) is 7.55. The van der Waals surface area contributed by atoms with Gasteiger partial charge in [-0.1, -0.05) is 12.6 Å². The van der Waals surface area contributed by atoms with E-state index >= 15 is 0 Å². The van der Waals surface area contributed by atoms with Crippen molar-refractivity contribution < 1.29 is 19.1 Å². The van der Waals surface area contributed by atoms with E-state index < -0.39 is 5.91 Å². The fraction of sp³-hybridized carbons (Fsp3) is 0.364. The van der Waals surface area contributed by atoms with E-state index in [-0.39, 0.29) is 24.9 Å². The van der Waals surface area contributed by atoms with Crippen LogP contribution >= 0.6 is 0 Å². The average molecular weight is 425 g/mol. The number of nitrogens with zero attached hydrogens (tertiary/aromatic N) is 2. The van der Waals surface area contributed by atoms with E-state index in [1.807, 2.05) is 6.92 Å². The van der Waals surface area contributed by atoms with E-state index in [4.69, 9.17) is 15.2 Å². The van der Waals surface area contributed by atoms with Gasteiger partial charge in [-0.3, -0.25) is 9.59 Å². The smallest absolute Gasteiger partial charge is 0.255 e. The summed E-state index contributed by atoms with van der Waals surface area (Å²) >= 11 is 0. The quantitative estimate of drug-likeness (QED) is 0.495. The van der Waals surface area contributed by atoms with Crippen LogP contribution in [-0.4, -0.2) is 47.5 Å². The highest BCUT2D eigenvalue weighted by Gasteiger charge is 2.16. The lowest BCUT2D eigenvalue weighted by molar-refractivity contribution is -0.120. The number of carbonyl (C=O) groups excluding carboxylic acids is 2. The Bertz CT molecular complexity index is 957. The summed E-state index contributed by atoms with van der Waals surface area (Å²) in [5.41, 5.74) is 7.38. The first-order valence-electron chi connectivity index (χ1n) is 10.1. The van der Waals surface area contributed by atoms with E-state index in [1.165, 1.54) is 6.08 Å². The molecule has 31 heavy (non-hydrogen) atoms. The van der Waals surface area contributed by atoms with Gasteiger partial charge in [0, 0.05) is 49.2 Å². The van der Waals surface area contributed by atoms with Crippen LogP contribution in [0.3, 0.4) is 0 Å². The molecule has 0 spiro atoms. The molecular weight excluding hydrogens is 398 g/mol. The molecule has 0 radical (unpaired) electrons. The van der Waals surface area contributed by atoms with Crippen molar-refractivity contribution in [1.82, 2.24) is 9.97 Å². The third-order valence-electron chi connectivity index (χ3n) is 4.83. The molecule has 1 saturated heterocycles. The van der Waals surface area contributed by atoms with Gasteiger partial charge in [-0.15, -0.1) is 0 Å². The minimum atomic E-state index is -0.573. The Morgan fingerprint density at radius 2 is 2.13 bits per heavy atom. The molecule has 9 heteroatoms. The number of amides is 1. The monoisotopic (exact) mass is 425 g/mol. The average Bonchev–Trinajstić information content (AvgIpc) is 2.76. The van der Waals surface area contributed by atoms with Crippen molar-refractivity contribution in [3.05, 3.63) is 48.2 Å². The van der Waals surface area contributed by atoms with Gasteiger partial charge in [0.05, 0.1) is 0 Å². The highest BCUT2D eigenvalue weighted by atomic mass is 16.5. The third kappa shape index (κ3) is 6.51. The molecule has 164 valence electrons. The second-order valence-corrected chi connectivity index (χ2v) is 7.30. The predicted molar refractivity (Wildman–Crippen MR) is 118 cm³/mol. The molecular formula is C22H27N5O4. The van der Waals surface area contributed by atoms with Crippen molar-refractivity contribution in [1.29, 1.82) is 0 Å². The maximum absolute atomic E-state index is 11.9. The lowest BCUT2D eigenvalue weighted by atomic mass is 10.1. The lowest BCUT2D eigenvalue weighted by Crippen LogP contribution is -2.28. The topological polar surface area (TPSA) is 128 Å². The number of aryl methyl sites for hydroxylation is 1. The van der Waals surface area contributed by atoms with E-state index in [0.717, 1.165) is 24.0 Å². The molecule has 0 atom stereocenters. The summed E-state index contributed by atoms with van der Waals surface area (Å²) in [6, 6.07) is 5.42. The van der Waals surface area contributed by atoms with Crippen molar-refractivity contribution in [2.75, 3.05) is 30.5 Å². The molecule has 3 rings (SSSR count). The fourth-order valence-corrected chi connectivity index (χ4v) is 3.12. The van der Waals surface area contributed by atoms with Crippen LogP contribution in [0.2, 0.25) is 0 Å². The number of rotatable bonds is 10. The van der Waals surface area contributed by atoms with Gasteiger partial charge in [0.15, 0.2) is 12.4 Å². The summed E-state index contributed by atoms with van der Waals surface area (Å²) in [7, 11) is 0. The van der Waals surface area contributed by atoms with Gasteiger partial charge in [-0.25, -0.2) is 4.98 Å². The molecule has 9 nitrogen and oxygen atoms in total. The van der Waals surface area contributed by atoms with E-state index in [1.54, 1.807) is 24.4 Å². The summed E-state index contributed by atoms with van der Waals surface area (Å²) in [6.07, 6.45) is 4.98. The number of carbonyl (C=O) groups is 2. The number of allylic oxidation sites excluding steroid dienone is 1. The highest BCUT2D eigenvalue weighted by molar-refractivity contribution is 5.92. The summed E-state index contributed by atoms with van der Waals surface area (Å²) in [6.45, 7) is 6.62. The number of nitrogens with two attached hydrogens (primary N) is 1. The Morgan fingerprint density at radius 1 is 1.35 bits per heavy atom. The maximum atomic E-state index is 11.9. The zero-order chi connectivity index (χ0) is 22.2. The number of primary amides is 1. The van der Waals surface area contributed by atoms with Crippen molar-refractivity contribution in [3.8, 4) is 5.75 Å². The molecule has 0 aliphatic carbocycles. The molecule has 0 saturated carbocycles. The van der Waals surface area contributed by atoms with Crippen molar-refractivity contribution in [2.45, 2.75) is 32.2 Å². The summed E-state index contributed by atoms with van der Waals surface area (Å²) in [4.78, 5) is 32.0. The van der Waals surface area contributed by atoms with Crippen LogP contribution < -0.4 is 21.1 Å².